The summed E-state index contributed by atoms with van der Waals surface area (Å²) < 4.78 is 6.69. The molecule has 0 bridgehead atoms. The van der Waals surface area contributed by atoms with Gasteiger partial charge in [0, 0.05) is 36.9 Å². The number of piperidine rings is 1. The molecule has 2 aliphatic rings. The summed E-state index contributed by atoms with van der Waals surface area (Å²) in [5.74, 6) is 0.538. The second kappa shape index (κ2) is 10.7. The predicted molar refractivity (Wildman–Crippen MR) is 114 cm³/mol. The second-order valence-corrected chi connectivity index (χ2v) is 7.65. The van der Waals surface area contributed by atoms with Crippen molar-refractivity contribution in [3.63, 3.8) is 0 Å². The lowest BCUT2D eigenvalue weighted by Crippen LogP contribution is -2.54. The summed E-state index contributed by atoms with van der Waals surface area (Å²) in [6.45, 7) is 4.42. The summed E-state index contributed by atoms with van der Waals surface area (Å²) in [6.07, 6.45) is 2.59. The van der Waals surface area contributed by atoms with E-state index in [9.17, 15) is 4.79 Å². The number of nitrogens with one attached hydrogen (secondary N) is 2. The van der Waals surface area contributed by atoms with Crippen molar-refractivity contribution in [2.45, 2.75) is 24.9 Å². The fraction of sp³-hybridized carbons (Fsp3) is 0.611. The fourth-order valence-electron chi connectivity index (χ4n) is 3.66. The quantitative estimate of drug-likeness (QED) is 0.697. The first-order valence-electron chi connectivity index (χ1n) is 8.68. The molecule has 0 radical (unpaired) electrons. The van der Waals surface area contributed by atoms with Crippen LogP contribution in [0.4, 0.5) is 5.69 Å². The van der Waals surface area contributed by atoms with Crippen LogP contribution in [0.2, 0.25) is 0 Å². The Morgan fingerprint density at radius 2 is 2.12 bits per heavy atom. The number of carbonyl (C=O) groups excluding carboxylic acids is 1. The van der Waals surface area contributed by atoms with Gasteiger partial charge in [0.25, 0.3) is 5.91 Å². The fourth-order valence-corrected chi connectivity index (χ4v) is 4.05. The second-order valence-electron chi connectivity index (χ2n) is 6.74. The minimum atomic E-state index is -0.645. The van der Waals surface area contributed by atoms with Gasteiger partial charge in [-0.25, -0.2) is 0 Å². The Labute approximate surface area is 176 Å². The summed E-state index contributed by atoms with van der Waals surface area (Å²) in [6, 6.07) is 8.39. The molecule has 2 aliphatic heterocycles. The van der Waals surface area contributed by atoms with Gasteiger partial charge in [-0.15, -0.1) is 24.8 Å². The van der Waals surface area contributed by atoms with E-state index in [1.807, 2.05) is 6.07 Å². The first kappa shape index (κ1) is 23.5. The SMILES string of the molecule is COC1(C(=O)NCC2CCN(c3cccc(Br)c3)C2)CCNCC1.Cl.Cl. The molecule has 1 aromatic rings. The van der Waals surface area contributed by atoms with Gasteiger partial charge in [0.15, 0.2) is 0 Å². The molecular weight excluding hydrogens is 441 g/mol. The van der Waals surface area contributed by atoms with E-state index in [0.29, 0.717) is 5.92 Å². The Bertz CT molecular complexity index is 585. The van der Waals surface area contributed by atoms with E-state index in [1.165, 1.54) is 5.69 Å². The van der Waals surface area contributed by atoms with Crippen molar-refractivity contribution in [1.29, 1.82) is 0 Å². The number of anilines is 1. The summed E-state index contributed by atoms with van der Waals surface area (Å²) in [5, 5.41) is 6.43. The molecule has 2 saturated heterocycles. The molecule has 1 atom stereocenters. The molecule has 2 fully saturated rings. The van der Waals surface area contributed by atoms with E-state index in [0.717, 1.165) is 56.5 Å². The van der Waals surface area contributed by atoms with E-state index < -0.39 is 5.60 Å². The van der Waals surface area contributed by atoms with E-state index >= 15 is 0 Å². The maximum absolute atomic E-state index is 12.6. The van der Waals surface area contributed by atoms with Gasteiger partial charge in [-0.2, -0.15) is 0 Å². The predicted octanol–water partition coefficient (Wildman–Crippen LogP) is 3.00. The molecule has 0 spiro atoms. The molecule has 26 heavy (non-hydrogen) atoms. The Morgan fingerprint density at radius 1 is 1.38 bits per heavy atom. The van der Waals surface area contributed by atoms with E-state index in [-0.39, 0.29) is 30.7 Å². The van der Waals surface area contributed by atoms with Crippen molar-refractivity contribution in [2.24, 2.45) is 5.92 Å². The van der Waals surface area contributed by atoms with Gasteiger partial charge in [0.2, 0.25) is 0 Å². The highest BCUT2D eigenvalue weighted by molar-refractivity contribution is 9.10. The maximum atomic E-state index is 12.6. The average Bonchev–Trinajstić information content (AvgIpc) is 3.09. The molecular formula is C18H28BrCl2N3O2. The van der Waals surface area contributed by atoms with Gasteiger partial charge in [-0.05, 0) is 56.5 Å². The van der Waals surface area contributed by atoms with Gasteiger partial charge < -0.3 is 20.3 Å². The lowest BCUT2D eigenvalue weighted by Gasteiger charge is -2.35. The first-order valence-corrected chi connectivity index (χ1v) is 9.47. The van der Waals surface area contributed by atoms with Crippen molar-refractivity contribution >= 4 is 52.3 Å². The average molecular weight is 469 g/mol. The topological polar surface area (TPSA) is 53.6 Å². The molecule has 0 aromatic heterocycles. The first-order chi connectivity index (χ1) is 11.6. The Hall–Kier alpha value is -0.530. The van der Waals surface area contributed by atoms with Gasteiger partial charge >= 0.3 is 0 Å². The van der Waals surface area contributed by atoms with Crippen LogP contribution in [0.25, 0.3) is 0 Å². The summed E-state index contributed by atoms with van der Waals surface area (Å²) >= 11 is 3.53. The Morgan fingerprint density at radius 3 is 2.77 bits per heavy atom. The molecule has 0 saturated carbocycles. The van der Waals surface area contributed by atoms with Crippen molar-refractivity contribution in [1.82, 2.24) is 10.6 Å². The largest absolute Gasteiger partial charge is 0.371 e. The minimum Gasteiger partial charge on any atom is -0.371 e. The van der Waals surface area contributed by atoms with Crippen LogP contribution >= 0.6 is 40.7 Å². The van der Waals surface area contributed by atoms with Gasteiger partial charge in [0.05, 0.1) is 0 Å². The summed E-state index contributed by atoms with van der Waals surface area (Å²) in [7, 11) is 1.65. The normalized spacial score (nSPS) is 21.5. The number of benzene rings is 1. The third-order valence-electron chi connectivity index (χ3n) is 5.23. The van der Waals surface area contributed by atoms with E-state index in [4.69, 9.17) is 4.74 Å². The molecule has 1 unspecified atom stereocenters. The molecule has 5 nitrogen and oxygen atoms in total. The molecule has 2 heterocycles. The highest BCUT2D eigenvalue weighted by Gasteiger charge is 2.39. The molecule has 0 aliphatic carbocycles. The molecule has 2 N–H and O–H groups in total. The van der Waals surface area contributed by atoms with Crippen LogP contribution in [-0.2, 0) is 9.53 Å². The molecule has 1 aromatic carbocycles. The smallest absolute Gasteiger partial charge is 0.252 e. The number of carbonyl (C=O) groups is 1. The van der Waals surface area contributed by atoms with Crippen LogP contribution in [0.15, 0.2) is 28.7 Å². The van der Waals surface area contributed by atoms with Crippen molar-refractivity contribution < 1.29 is 9.53 Å². The third-order valence-corrected chi connectivity index (χ3v) is 5.72. The van der Waals surface area contributed by atoms with Crippen LogP contribution in [0.1, 0.15) is 19.3 Å². The molecule has 3 rings (SSSR count). The van der Waals surface area contributed by atoms with Gasteiger partial charge in [-0.3, -0.25) is 4.79 Å². The molecule has 8 heteroatoms. The number of hydrogen-bond acceptors (Lipinski definition) is 4. The van der Waals surface area contributed by atoms with Crippen molar-refractivity contribution in [2.75, 3.05) is 44.7 Å². The standard InChI is InChI=1S/C18H26BrN3O2.2ClH/c1-24-18(6-8-20-9-7-18)17(23)21-12-14-5-10-22(13-14)16-4-2-3-15(19)11-16;;/h2-4,11,14,20H,5-10,12-13H2,1H3,(H,21,23);2*1H. The van der Waals surface area contributed by atoms with E-state index in [1.54, 1.807) is 7.11 Å². The zero-order chi connectivity index (χ0) is 17.0. The highest BCUT2D eigenvalue weighted by atomic mass is 79.9. The van der Waals surface area contributed by atoms with Crippen LogP contribution in [-0.4, -0.2) is 51.3 Å². The number of ether oxygens (including phenoxy) is 1. The Balaban J connectivity index is 0.00000169. The number of methoxy groups -OCH3 is 1. The zero-order valence-corrected chi connectivity index (χ0v) is 18.2. The highest BCUT2D eigenvalue weighted by Crippen LogP contribution is 2.27. The summed E-state index contributed by atoms with van der Waals surface area (Å²) in [4.78, 5) is 15.0. The van der Waals surface area contributed by atoms with Gasteiger partial charge in [0.1, 0.15) is 5.60 Å². The lowest BCUT2D eigenvalue weighted by atomic mass is 9.91. The Kier molecular flexibility index (Phi) is 9.69. The zero-order valence-electron chi connectivity index (χ0n) is 15.0. The number of amides is 1. The van der Waals surface area contributed by atoms with E-state index in [2.05, 4.69) is 49.7 Å². The van der Waals surface area contributed by atoms with Crippen LogP contribution in [0.3, 0.4) is 0 Å². The number of nitrogens with zero attached hydrogens (tertiary/aromatic N) is 1. The molecule has 1 amide bonds. The monoisotopic (exact) mass is 467 g/mol. The number of halogens is 3. The minimum absolute atomic E-state index is 0. The molecule has 148 valence electrons. The van der Waals surface area contributed by atoms with Crippen LogP contribution < -0.4 is 15.5 Å². The van der Waals surface area contributed by atoms with Gasteiger partial charge in [-0.1, -0.05) is 22.0 Å². The third kappa shape index (κ3) is 5.49. The van der Waals surface area contributed by atoms with Crippen LogP contribution in [0.5, 0.6) is 0 Å². The lowest BCUT2D eigenvalue weighted by molar-refractivity contribution is -0.146. The van der Waals surface area contributed by atoms with Crippen molar-refractivity contribution in [3.8, 4) is 0 Å². The number of hydrogen-bond donors (Lipinski definition) is 2. The maximum Gasteiger partial charge on any atom is 0.252 e. The number of rotatable bonds is 5. The van der Waals surface area contributed by atoms with Crippen molar-refractivity contribution in [3.05, 3.63) is 28.7 Å². The summed E-state index contributed by atoms with van der Waals surface area (Å²) in [5.41, 5.74) is 0.596. The van der Waals surface area contributed by atoms with Crippen LogP contribution in [0, 0.1) is 5.92 Å².